The highest BCUT2D eigenvalue weighted by molar-refractivity contribution is 7.73. The van der Waals surface area contributed by atoms with Gasteiger partial charge < -0.3 is 5.11 Å². The Morgan fingerprint density at radius 3 is 2.69 bits per heavy atom. The van der Waals surface area contributed by atoms with E-state index in [1.54, 1.807) is 0 Å². The Kier molecular flexibility index (Phi) is 6.43. The molecule has 3 nitrogen and oxygen atoms in total. The largest absolute Gasteiger partial charge is 0.493 e. The van der Waals surface area contributed by atoms with Crippen LogP contribution in [0.5, 0.6) is 5.88 Å². The number of nitrogens with zero attached hydrogens (tertiary/aromatic N) is 2. The van der Waals surface area contributed by atoms with Gasteiger partial charge in [-0.3, -0.25) is 9.56 Å². The molecule has 1 aromatic heterocycles. The third kappa shape index (κ3) is 4.15. The Hall–Kier alpha value is -1.72. The first kappa shape index (κ1) is 19.1. The van der Waals surface area contributed by atoms with Crippen LogP contribution in [0, 0.1) is 3.95 Å². The second-order valence-electron chi connectivity index (χ2n) is 6.75. The van der Waals surface area contributed by atoms with Crippen LogP contribution in [0.4, 0.5) is 5.69 Å². The molecule has 0 bridgehead atoms. The van der Waals surface area contributed by atoms with Gasteiger partial charge in [0.25, 0.3) is 0 Å². The molecule has 0 aliphatic carbocycles. The Bertz CT molecular complexity index is 890. The quantitative estimate of drug-likeness (QED) is 0.392. The number of aromatic hydroxyl groups is 1. The SMILES string of the molecule is CCCCCCCCn1c(O)c(/C=C2\C(C)=Nc3ccccc32)sc1=S. The highest BCUT2D eigenvalue weighted by atomic mass is 32.1. The van der Waals surface area contributed by atoms with Gasteiger partial charge in [-0.15, -0.1) is 11.3 Å². The van der Waals surface area contributed by atoms with E-state index in [2.05, 4.69) is 18.0 Å². The molecule has 138 valence electrons. The highest BCUT2D eigenvalue weighted by Crippen LogP contribution is 2.38. The third-order valence-corrected chi connectivity index (χ3v) is 6.16. The van der Waals surface area contributed by atoms with Gasteiger partial charge in [-0.1, -0.05) is 57.2 Å². The van der Waals surface area contributed by atoms with Crippen LogP contribution in [0.15, 0.2) is 29.3 Å². The molecule has 0 unspecified atom stereocenters. The molecule has 1 aliphatic rings. The molecule has 0 saturated carbocycles. The van der Waals surface area contributed by atoms with E-state index in [1.807, 2.05) is 35.8 Å². The van der Waals surface area contributed by atoms with Crippen molar-refractivity contribution in [3.05, 3.63) is 38.7 Å². The Morgan fingerprint density at radius 2 is 1.88 bits per heavy atom. The summed E-state index contributed by atoms with van der Waals surface area (Å²) in [6.45, 7) is 5.03. The van der Waals surface area contributed by atoms with Crippen molar-refractivity contribution in [3.63, 3.8) is 0 Å². The fourth-order valence-corrected chi connectivity index (χ4v) is 4.61. The first-order valence-corrected chi connectivity index (χ1v) is 10.6. The Morgan fingerprint density at radius 1 is 1.15 bits per heavy atom. The maximum Gasteiger partial charge on any atom is 0.210 e. The maximum atomic E-state index is 10.7. The van der Waals surface area contributed by atoms with Crippen LogP contribution in [0.2, 0.25) is 0 Å². The van der Waals surface area contributed by atoms with Gasteiger partial charge in [0.1, 0.15) is 0 Å². The van der Waals surface area contributed by atoms with Gasteiger partial charge >= 0.3 is 0 Å². The molecule has 0 saturated heterocycles. The molecule has 0 radical (unpaired) electrons. The van der Waals surface area contributed by atoms with Gasteiger partial charge in [-0.25, -0.2) is 0 Å². The predicted molar refractivity (Wildman–Crippen MR) is 115 cm³/mol. The number of fused-ring (bicyclic) bond motifs is 1. The van der Waals surface area contributed by atoms with Crippen molar-refractivity contribution in [3.8, 4) is 5.88 Å². The second-order valence-corrected chi connectivity index (χ2v) is 8.42. The predicted octanol–water partition coefficient (Wildman–Crippen LogP) is 6.99. The number of hydrogen-bond donors (Lipinski definition) is 1. The van der Waals surface area contributed by atoms with E-state index in [1.165, 1.54) is 43.4 Å². The summed E-state index contributed by atoms with van der Waals surface area (Å²) < 4.78 is 2.61. The van der Waals surface area contributed by atoms with Crippen LogP contribution >= 0.6 is 23.6 Å². The molecule has 5 heteroatoms. The van der Waals surface area contributed by atoms with E-state index in [0.29, 0.717) is 5.88 Å². The summed E-state index contributed by atoms with van der Waals surface area (Å²) >= 11 is 6.96. The van der Waals surface area contributed by atoms with Gasteiger partial charge in [0.05, 0.1) is 10.6 Å². The van der Waals surface area contributed by atoms with E-state index >= 15 is 0 Å². The van der Waals surface area contributed by atoms with E-state index in [4.69, 9.17) is 12.2 Å². The van der Waals surface area contributed by atoms with Gasteiger partial charge in [-0.05, 0) is 37.7 Å². The summed E-state index contributed by atoms with van der Waals surface area (Å²) in [4.78, 5) is 5.43. The number of aliphatic imine (C=N–C) groups is 1. The van der Waals surface area contributed by atoms with Crippen molar-refractivity contribution >= 4 is 46.6 Å². The van der Waals surface area contributed by atoms with Gasteiger partial charge in [0.15, 0.2) is 3.95 Å². The number of aromatic nitrogens is 1. The topological polar surface area (TPSA) is 37.5 Å². The molecule has 0 amide bonds. The first-order chi connectivity index (χ1) is 12.6. The summed E-state index contributed by atoms with van der Waals surface area (Å²) in [7, 11) is 0. The Balaban J connectivity index is 1.75. The summed E-state index contributed by atoms with van der Waals surface area (Å²) in [5.74, 6) is 0.290. The molecule has 2 aromatic rings. The highest BCUT2D eigenvalue weighted by Gasteiger charge is 2.19. The molecule has 1 aromatic carbocycles. The fraction of sp³-hybridized carbons (Fsp3) is 0.429. The first-order valence-electron chi connectivity index (χ1n) is 9.41. The van der Waals surface area contributed by atoms with E-state index in [0.717, 1.165) is 44.3 Å². The molecule has 1 N–H and O–H groups in total. The lowest BCUT2D eigenvalue weighted by Gasteiger charge is -2.05. The van der Waals surface area contributed by atoms with Crippen molar-refractivity contribution in [1.82, 2.24) is 4.57 Å². The van der Waals surface area contributed by atoms with Crippen molar-refractivity contribution in [2.45, 2.75) is 58.9 Å². The third-order valence-electron chi connectivity index (χ3n) is 4.78. The van der Waals surface area contributed by atoms with Crippen LogP contribution in [-0.4, -0.2) is 15.4 Å². The second kappa shape index (κ2) is 8.78. The lowest BCUT2D eigenvalue weighted by atomic mass is 10.0. The van der Waals surface area contributed by atoms with Crippen LogP contribution in [0.3, 0.4) is 0 Å². The molecule has 0 fully saturated rings. The zero-order chi connectivity index (χ0) is 18.5. The minimum Gasteiger partial charge on any atom is -0.493 e. The van der Waals surface area contributed by atoms with Crippen LogP contribution < -0.4 is 0 Å². The zero-order valence-electron chi connectivity index (χ0n) is 15.5. The molecule has 1 aliphatic heterocycles. The normalized spacial score (nSPS) is 14.7. The van der Waals surface area contributed by atoms with E-state index < -0.39 is 0 Å². The summed E-state index contributed by atoms with van der Waals surface area (Å²) in [6, 6.07) is 8.11. The lowest BCUT2D eigenvalue weighted by Crippen LogP contribution is -1.97. The maximum absolute atomic E-state index is 10.7. The number of unbranched alkanes of at least 4 members (excludes halogenated alkanes) is 5. The van der Waals surface area contributed by atoms with Crippen molar-refractivity contribution in [2.75, 3.05) is 0 Å². The summed E-state index contributed by atoms with van der Waals surface area (Å²) in [6.07, 6.45) is 9.40. The molecular formula is C21H26N2OS2. The number of para-hydroxylation sites is 1. The number of allylic oxidation sites excluding steroid dienone is 1. The number of rotatable bonds is 8. The lowest BCUT2D eigenvalue weighted by molar-refractivity contribution is 0.407. The molecule has 0 atom stereocenters. The summed E-state index contributed by atoms with van der Waals surface area (Å²) in [5.41, 5.74) is 4.16. The van der Waals surface area contributed by atoms with Crippen LogP contribution in [0.25, 0.3) is 11.6 Å². The van der Waals surface area contributed by atoms with E-state index in [-0.39, 0.29) is 0 Å². The average Bonchev–Trinajstić information content (AvgIpc) is 3.08. The van der Waals surface area contributed by atoms with Gasteiger partial charge in [0, 0.05) is 23.4 Å². The zero-order valence-corrected chi connectivity index (χ0v) is 17.1. The Labute approximate surface area is 164 Å². The van der Waals surface area contributed by atoms with Crippen molar-refractivity contribution < 1.29 is 5.11 Å². The molecule has 2 heterocycles. The van der Waals surface area contributed by atoms with Gasteiger partial charge in [0.2, 0.25) is 5.88 Å². The van der Waals surface area contributed by atoms with E-state index in [9.17, 15) is 5.11 Å². The molecule has 3 rings (SSSR count). The average molecular weight is 387 g/mol. The minimum atomic E-state index is 0.290. The standard InChI is InChI=1S/C21H26N2OS2/c1-3-4-5-6-7-10-13-23-20(24)19(26-21(23)25)14-17-15(2)22-18-12-9-8-11-16(17)18/h8-9,11-12,14,24H,3-7,10,13H2,1-2H3/b17-14+. The molecular weight excluding hydrogens is 360 g/mol. The number of benzene rings is 1. The fourth-order valence-electron chi connectivity index (χ4n) is 3.30. The van der Waals surface area contributed by atoms with Crippen molar-refractivity contribution in [2.24, 2.45) is 4.99 Å². The molecule has 26 heavy (non-hydrogen) atoms. The summed E-state index contributed by atoms with van der Waals surface area (Å²) in [5, 5.41) is 10.7. The van der Waals surface area contributed by atoms with Gasteiger partial charge in [-0.2, -0.15) is 0 Å². The molecule has 0 spiro atoms. The number of hydrogen-bond acceptors (Lipinski definition) is 4. The number of thiazole rings is 1. The van der Waals surface area contributed by atoms with Crippen LogP contribution in [0.1, 0.15) is 62.8 Å². The smallest absolute Gasteiger partial charge is 0.210 e. The van der Waals surface area contributed by atoms with Crippen molar-refractivity contribution in [1.29, 1.82) is 0 Å². The monoisotopic (exact) mass is 386 g/mol. The van der Waals surface area contributed by atoms with Crippen LogP contribution in [-0.2, 0) is 6.54 Å². The minimum absolute atomic E-state index is 0.290.